The van der Waals surface area contributed by atoms with E-state index in [1.165, 1.54) is 16.8 Å². The van der Waals surface area contributed by atoms with Gasteiger partial charge in [-0.05, 0) is 35.0 Å². The van der Waals surface area contributed by atoms with E-state index < -0.39 is 17.4 Å². The Morgan fingerprint density at radius 3 is 2.60 bits per heavy atom. The van der Waals surface area contributed by atoms with Crippen LogP contribution in [0.5, 0.6) is 0 Å². The minimum Gasteiger partial charge on any atom is -0.347 e. The van der Waals surface area contributed by atoms with E-state index in [2.05, 4.69) is 20.8 Å². The van der Waals surface area contributed by atoms with E-state index in [0.717, 1.165) is 0 Å². The summed E-state index contributed by atoms with van der Waals surface area (Å²) in [7, 11) is 0. The number of aromatic nitrogens is 4. The number of halogens is 1. The molecular formula is C17H22FN5O2. The fraction of sp³-hybridized carbons (Fsp3) is 0.471. The molecule has 1 N–H and O–H groups in total. The Bertz CT molecular complexity index is 766. The normalized spacial score (nSPS) is 12.7. The van der Waals surface area contributed by atoms with Gasteiger partial charge in [0.15, 0.2) is 5.78 Å². The monoisotopic (exact) mass is 347 g/mol. The molecule has 1 amide bonds. The van der Waals surface area contributed by atoms with E-state index in [1.54, 1.807) is 39.8 Å². The molecule has 2 rings (SSSR count). The zero-order valence-corrected chi connectivity index (χ0v) is 14.8. The predicted octanol–water partition coefficient (Wildman–Crippen LogP) is 1.64. The number of nitrogens with one attached hydrogen (secondary N) is 1. The lowest BCUT2D eigenvalue weighted by molar-refractivity contribution is -0.130. The number of carbonyl (C=O) groups is 2. The third kappa shape index (κ3) is 4.91. The van der Waals surface area contributed by atoms with Crippen molar-refractivity contribution in [2.75, 3.05) is 6.54 Å². The first kappa shape index (κ1) is 18.7. The van der Waals surface area contributed by atoms with Gasteiger partial charge in [0.1, 0.15) is 17.7 Å². The first-order chi connectivity index (χ1) is 11.7. The van der Waals surface area contributed by atoms with E-state index in [1.807, 2.05) is 0 Å². The third-order valence-electron chi connectivity index (χ3n) is 3.83. The zero-order chi connectivity index (χ0) is 18.6. The number of nitrogens with zero attached hydrogens (tertiary/aromatic N) is 4. The van der Waals surface area contributed by atoms with Crippen LogP contribution in [0.25, 0.3) is 0 Å². The van der Waals surface area contributed by atoms with Gasteiger partial charge in [0.05, 0.1) is 6.54 Å². The van der Waals surface area contributed by atoms with Crippen LogP contribution in [0, 0.1) is 18.2 Å². The Morgan fingerprint density at radius 2 is 2.04 bits per heavy atom. The first-order valence-electron chi connectivity index (χ1n) is 7.98. The number of hydrogen-bond acceptors (Lipinski definition) is 5. The lowest BCUT2D eigenvalue weighted by atomic mass is 9.91. The highest BCUT2D eigenvalue weighted by Gasteiger charge is 2.27. The fourth-order valence-corrected chi connectivity index (χ4v) is 2.25. The van der Waals surface area contributed by atoms with Crippen molar-refractivity contribution in [2.24, 2.45) is 5.41 Å². The molecule has 2 aromatic rings. The van der Waals surface area contributed by atoms with Crippen LogP contribution in [0.15, 0.2) is 24.3 Å². The van der Waals surface area contributed by atoms with Crippen LogP contribution in [0.4, 0.5) is 4.39 Å². The largest absolute Gasteiger partial charge is 0.347 e. The standard InChI is InChI=1S/C17H22FN5O2/c1-11-20-21-22-23(11)14(9-12-6-5-7-13(18)8-12)16(25)19-10-15(24)17(2,3)4/h5-8,14H,9-10H2,1-4H3,(H,19,25). The van der Waals surface area contributed by atoms with Crippen LogP contribution in [0.2, 0.25) is 0 Å². The molecule has 7 nitrogen and oxygen atoms in total. The highest BCUT2D eigenvalue weighted by atomic mass is 19.1. The number of Topliss-reactive ketones (excluding diaryl/α,β-unsaturated/α-hetero) is 1. The molecule has 0 bridgehead atoms. The highest BCUT2D eigenvalue weighted by molar-refractivity contribution is 5.90. The molecule has 1 atom stereocenters. The van der Waals surface area contributed by atoms with E-state index in [0.29, 0.717) is 11.4 Å². The molecule has 8 heteroatoms. The van der Waals surface area contributed by atoms with Crippen LogP contribution >= 0.6 is 0 Å². The van der Waals surface area contributed by atoms with Crippen molar-refractivity contribution in [3.63, 3.8) is 0 Å². The van der Waals surface area contributed by atoms with E-state index in [-0.39, 0.29) is 24.6 Å². The minimum atomic E-state index is -0.774. The molecular weight excluding hydrogens is 325 g/mol. The summed E-state index contributed by atoms with van der Waals surface area (Å²) in [6.07, 6.45) is 0.208. The molecule has 1 aromatic carbocycles. The second-order valence-corrected chi connectivity index (χ2v) is 6.91. The number of aryl methyl sites for hydroxylation is 1. The van der Waals surface area contributed by atoms with Gasteiger partial charge < -0.3 is 5.32 Å². The molecule has 0 radical (unpaired) electrons. The Morgan fingerprint density at radius 1 is 1.32 bits per heavy atom. The second kappa shape index (κ2) is 7.50. The first-order valence-corrected chi connectivity index (χ1v) is 7.98. The van der Waals surface area contributed by atoms with Gasteiger partial charge in [0, 0.05) is 11.8 Å². The Kier molecular flexibility index (Phi) is 5.61. The van der Waals surface area contributed by atoms with Gasteiger partial charge in [0.25, 0.3) is 0 Å². The van der Waals surface area contributed by atoms with Gasteiger partial charge in [-0.3, -0.25) is 9.59 Å². The fourth-order valence-electron chi connectivity index (χ4n) is 2.25. The molecule has 0 spiro atoms. The molecule has 0 aliphatic heterocycles. The molecule has 0 saturated heterocycles. The van der Waals surface area contributed by atoms with Crippen LogP contribution in [0.1, 0.15) is 38.2 Å². The van der Waals surface area contributed by atoms with Crippen molar-refractivity contribution in [3.8, 4) is 0 Å². The van der Waals surface area contributed by atoms with Crippen LogP contribution < -0.4 is 5.32 Å². The quantitative estimate of drug-likeness (QED) is 0.858. The summed E-state index contributed by atoms with van der Waals surface area (Å²) < 4.78 is 14.8. The smallest absolute Gasteiger partial charge is 0.245 e. The Labute approximate surface area is 145 Å². The molecule has 1 unspecified atom stereocenters. The Balaban J connectivity index is 2.19. The van der Waals surface area contributed by atoms with Crippen LogP contribution in [-0.4, -0.2) is 38.4 Å². The molecule has 1 aromatic heterocycles. The van der Waals surface area contributed by atoms with Gasteiger partial charge in [-0.25, -0.2) is 9.07 Å². The predicted molar refractivity (Wildman–Crippen MR) is 89.2 cm³/mol. The third-order valence-corrected chi connectivity index (χ3v) is 3.83. The van der Waals surface area contributed by atoms with Crippen molar-refractivity contribution < 1.29 is 14.0 Å². The summed E-state index contributed by atoms with van der Waals surface area (Å²) in [5.74, 6) is -0.400. The molecule has 0 saturated carbocycles. The highest BCUT2D eigenvalue weighted by Crippen LogP contribution is 2.17. The Hall–Kier alpha value is -2.64. The molecule has 0 aliphatic carbocycles. The van der Waals surface area contributed by atoms with Crippen LogP contribution in [0.3, 0.4) is 0 Å². The summed E-state index contributed by atoms with van der Waals surface area (Å²) in [5, 5.41) is 13.8. The SMILES string of the molecule is Cc1nnnn1C(Cc1cccc(F)c1)C(=O)NCC(=O)C(C)(C)C. The van der Waals surface area contributed by atoms with Crippen molar-refractivity contribution in [3.05, 3.63) is 41.5 Å². The topological polar surface area (TPSA) is 89.8 Å². The van der Waals surface area contributed by atoms with Gasteiger partial charge in [-0.1, -0.05) is 32.9 Å². The van der Waals surface area contributed by atoms with Crippen LogP contribution in [-0.2, 0) is 16.0 Å². The summed E-state index contributed by atoms with van der Waals surface area (Å²) in [4.78, 5) is 24.7. The summed E-state index contributed by atoms with van der Waals surface area (Å²) in [5.41, 5.74) is 0.0907. The average Bonchev–Trinajstić information content (AvgIpc) is 2.95. The molecule has 0 aliphatic rings. The van der Waals surface area contributed by atoms with Gasteiger partial charge in [-0.15, -0.1) is 5.10 Å². The lowest BCUT2D eigenvalue weighted by Crippen LogP contribution is -2.40. The molecule has 1 heterocycles. The lowest BCUT2D eigenvalue weighted by Gasteiger charge is -2.20. The number of benzene rings is 1. The van der Waals surface area contributed by atoms with Crippen molar-refractivity contribution >= 4 is 11.7 Å². The van der Waals surface area contributed by atoms with Crippen molar-refractivity contribution in [2.45, 2.75) is 40.2 Å². The summed E-state index contributed by atoms with van der Waals surface area (Å²) in [6, 6.07) is 5.23. The molecule has 0 fully saturated rings. The minimum absolute atomic E-state index is 0.0802. The van der Waals surface area contributed by atoms with E-state index in [9.17, 15) is 14.0 Å². The zero-order valence-electron chi connectivity index (χ0n) is 14.8. The maximum Gasteiger partial charge on any atom is 0.245 e. The number of amides is 1. The van der Waals surface area contributed by atoms with Gasteiger partial charge >= 0.3 is 0 Å². The number of carbonyl (C=O) groups excluding carboxylic acids is 2. The van der Waals surface area contributed by atoms with Gasteiger partial charge in [0.2, 0.25) is 5.91 Å². The maximum absolute atomic E-state index is 13.4. The van der Waals surface area contributed by atoms with E-state index in [4.69, 9.17) is 0 Å². The maximum atomic E-state index is 13.4. The second-order valence-electron chi connectivity index (χ2n) is 6.91. The average molecular weight is 347 g/mol. The molecule has 25 heavy (non-hydrogen) atoms. The summed E-state index contributed by atoms with van der Waals surface area (Å²) >= 11 is 0. The van der Waals surface area contributed by atoms with Crippen molar-refractivity contribution in [1.82, 2.24) is 25.5 Å². The number of rotatable bonds is 6. The number of tetrazole rings is 1. The number of hydrogen-bond donors (Lipinski definition) is 1. The number of ketones is 1. The molecule has 134 valence electrons. The van der Waals surface area contributed by atoms with E-state index >= 15 is 0 Å². The van der Waals surface area contributed by atoms with Crippen molar-refractivity contribution in [1.29, 1.82) is 0 Å². The summed E-state index contributed by atoms with van der Waals surface area (Å²) in [6.45, 7) is 6.96. The van der Waals surface area contributed by atoms with Gasteiger partial charge in [-0.2, -0.15) is 0 Å².